The number of ether oxygens (including phenoxy) is 2. The summed E-state index contributed by atoms with van der Waals surface area (Å²) in [5.41, 5.74) is 6.44. The molecule has 3 N–H and O–H groups in total. The molecule has 3 rings (SSSR count). The van der Waals surface area contributed by atoms with Crippen LogP contribution in [0.5, 0.6) is 5.75 Å². The van der Waals surface area contributed by atoms with Gasteiger partial charge in [-0.15, -0.1) is 0 Å². The average molecular weight is 332 g/mol. The van der Waals surface area contributed by atoms with Crippen molar-refractivity contribution in [2.24, 2.45) is 5.73 Å². The fourth-order valence-electron chi connectivity index (χ4n) is 3.38. The summed E-state index contributed by atoms with van der Waals surface area (Å²) in [6.45, 7) is 1.59. The standard InChI is InChI=1S/C19H28N2O3/c20-19(10-12-23-13-11-19)18(22)21-14-15-6-8-17(9-7-15)24-16-4-2-1-3-5-16/h6-9,16H,1-5,10-14,20H2,(H,21,22). The van der Waals surface area contributed by atoms with Crippen LogP contribution in [0.1, 0.15) is 50.5 Å². The van der Waals surface area contributed by atoms with E-state index in [1.807, 2.05) is 24.3 Å². The molecule has 0 atom stereocenters. The quantitative estimate of drug-likeness (QED) is 0.869. The lowest BCUT2D eigenvalue weighted by atomic mass is 9.90. The highest BCUT2D eigenvalue weighted by molar-refractivity contribution is 5.86. The minimum Gasteiger partial charge on any atom is -0.490 e. The van der Waals surface area contributed by atoms with E-state index < -0.39 is 5.54 Å². The average Bonchev–Trinajstić information content (AvgIpc) is 2.62. The third-order valence-electron chi connectivity index (χ3n) is 5.07. The third kappa shape index (κ3) is 4.48. The summed E-state index contributed by atoms with van der Waals surface area (Å²) >= 11 is 0. The number of carbonyl (C=O) groups excluding carboxylic acids is 1. The largest absolute Gasteiger partial charge is 0.490 e. The van der Waals surface area contributed by atoms with Gasteiger partial charge >= 0.3 is 0 Å². The first-order valence-corrected chi connectivity index (χ1v) is 9.06. The molecular weight excluding hydrogens is 304 g/mol. The fourth-order valence-corrected chi connectivity index (χ4v) is 3.38. The summed E-state index contributed by atoms with van der Waals surface area (Å²) in [7, 11) is 0. The molecule has 0 aromatic heterocycles. The van der Waals surface area contributed by atoms with Crippen LogP contribution >= 0.6 is 0 Å². The Labute approximate surface area is 143 Å². The number of carbonyl (C=O) groups is 1. The maximum absolute atomic E-state index is 12.3. The van der Waals surface area contributed by atoms with Crippen LogP contribution in [0.25, 0.3) is 0 Å². The van der Waals surface area contributed by atoms with Gasteiger partial charge in [0.25, 0.3) is 0 Å². The predicted molar refractivity (Wildman–Crippen MR) is 92.8 cm³/mol. The van der Waals surface area contributed by atoms with Gasteiger partial charge in [0.1, 0.15) is 5.75 Å². The topological polar surface area (TPSA) is 73.6 Å². The molecule has 5 heteroatoms. The number of rotatable bonds is 5. The Morgan fingerprint density at radius 1 is 1.17 bits per heavy atom. The minimum atomic E-state index is -0.789. The van der Waals surface area contributed by atoms with Crippen molar-refractivity contribution in [2.45, 2.75) is 63.1 Å². The van der Waals surface area contributed by atoms with Gasteiger partial charge in [0, 0.05) is 19.8 Å². The highest BCUT2D eigenvalue weighted by Crippen LogP contribution is 2.23. The SMILES string of the molecule is NC1(C(=O)NCc2ccc(OC3CCCCC3)cc2)CCOCC1. The predicted octanol–water partition coefficient (Wildman–Crippen LogP) is 2.52. The van der Waals surface area contributed by atoms with Crippen molar-refractivity contribution < 1.29 is 14.3 Å². The van der Waals surface area contributed by atoms with Crippen LogP contribution < -0.4 is 15.8 Å². The molecule has 1 aromatic carbocycles. The molecule has 1 saturated carbocycles. The zero-order chi connectivity index (χ0) is 16.8. The van der Waals surface area contributed by atoms with Gasteiger partial charge in [-0.1, -0.05) is 18.6 Å². The monoisotopic (exact) mass is 332 g/mol. The molecule has 0 bridgehead atoms. The van der Waals surface area contributed by atoms with Crippen molar-refractivity contribution in [1.82, 2.24) is 5.32 Å². The smallest absolute Gasteiger partial charge is 0.240 e. The molecule has 0 radical (unpaired) electrons. The van der Waals surface area contributed by atoms with Crippen molar-refractivity contribution in [3.8, 4) is 5.75 Å². The first-order chi connectivity index (χ1) is 11.7. The lowest BCUT2D eigenvalue weighted by Crippen LogP contribution is -2.56. The van der Waals surface area contributed by atoms with E-state index in [-0.39, 0.29) is 5.91 Å². The molecule has 1 aliphatic carbocycles. The third-order valence-corrected chi connectivity index (χ3v) is 5.07. The molecule has 2 aliphatic rings. The van der Waals surface area contributed by atoms with Crippen molar-refractivity contribution >= 4 is 5.91 Å². The Hall–Kier alpha value is -1.59. The van der Waals surface area contributed by atoms with Gasteiger partial charge < -0.3 is 20.5 Å². The molecule has 5 nitrogen and oxygen atoms in total. The molecule has 2 fully saturated rings. The Bertz CT molecular complexity index is 532. The second-order valence-electron chi connectivity index (χ2n) is 6.97. The van der Waals surface area contributed by atoms with E-state index in [0.717, 1.165) is 24.2 Å². The summed E-state index contributed by atoms with van der Waals surface area (Å²) in [6.07, 6.45) is 7.67. The van der Waals surface area contributed by atoms with Gasteiger partial charge in [0.05, 0.1) is 11.6 Å². The summed E-state index contributed by atoms with van der Waals surface area (Å²) in [4.78, 5) is 12.3. The lowest BCUT2D eigenvalue weighted by Gasteiger charge is -2.31. The van der Waals surface area contributed by atoms with E-state index >= 15 is 0 Å². The number of hydrogen-bond donors (Lipinski definition) is 2. The van der Waals surface area contributed by atoms with Gasteiger partial charge in [0.15, 0.2) is 0 Å². The second kappa shape index (κ2) is 7.99. The van der Waals surface area contributed by atoms with Gasteiger partial charge in [-0.25, -0.2) is 0 Å². The Morgan fingerprint density at radius 3 is 2.50 bits per heavy atom. The van der Waals surface area contributed by atoms with Crippen LogP contribution in [-0.2, 0) is 16.1 Å². The zero-order valence-electron chi connectivity index (χ0n) is 14.3. The number of amides is 1. The van der Waals surface area contributed by atoms with Gasteiger partial charge in [-0.3, -0.25) is 4.79 Å². The molecule has 1 aliphatic heterocycles. The van der Waals surface area contributed by atoms with Crippen molar-refractivity contribution in [3.05, 3.63) is 29.8 Å². The Balaban J connectivity index is 1.48. The summed E-state index contributed by atoms with van der Waals surface area (Å²) in [5.74, 6) is 0.824. The molecule has 0 spiro atoms. The summed E-state index contributed by atoms with van der Waals surface area (Å²) < 4.78 is 11.3. The Kier molecular flexibility index (Phi) is 5.74. The fraction of sp³-hybridized carbons (Fsp3) is 0.632. The molecule has 1 saturated heterocycles. The van der Waals surface area contributed by atoms with Crippen LogP contribution in [0.3, 0.4) is 0 Å². The number of nitrogens with two attached hydrogens (primary N) is 1. The molecule has 24 heavy (non-hydrogen) atoms. The van der Waals surface area contributed by atoms with Crippen LogP contribution in [0, 0.1) is 0 Å². The van der Waals surface area contributed by atoms with E-state index in [2.05, 4.69) is 5.32 Å². The van der Waals surface area contributed by atoms with Crippen LogP contribution in [0.2, 0.25) is 0 Å². The first-order valence-electron chi connectivity index (χ1n) is 9.06. The van der Waals surface area contributed by atoms with Crippen molar-refractivity contribution in [3.63, 3.8) is 0 Å². The van der Waals surface area contributed by atoms with E-state index in [1.54, 1.807) is 0 Å². The van der Waals surface area contributed by atoms with Gasteiger partial charge in [-0.05, 0) is 56.2 Å². The molecule has 132 valence electrons. The number of hydrogen-bond acceptors (Lipinski definition) is 4. The summed E-state index contributed by atoms with van der Waals surface area (Å²) in [6, 6.07) is 7.99. The van der Waals surface area contributed by atoms with Crippen molar-refractivity contribution in [1.29, 1.82) is 0 Å². The Morgan fingerprint density at radius 2 is 1.83 bits per heavy atom. The number of benzene rings is 1. The first kappa shape index (κ1) is 17.2. The zero-order valence-corrected chi connectivity index (χ0v) is 14.3. The van der Waals surface area contributed by atoms with Crippen LogP contribution in [0.4, 0.5) is 0 Å². The lowest BCUT2D eigenvalue weighted by molar-refractivity contribution is -0.129. The maximum atomic E-state index is 12.3. The van der Waals surface area contributed by atoms with Crippen LogP contribution in [0.15, 0.2) is 24.3 Å². The van der Waals surface area contributed by atoms with Gasteiger partial charge in [-0.2, -0.15) is 0 Å². The second-order valence-corrected chi connectivity index (χ2v) is 6.97. The normalized spacial score (nSPS) is 21.2. The van der Waals surface area contributed by atoms with E-state index in [0.29, 0.717) is 38.7 Å². The summed E-state index contributed by atoms with van der Waals surface area (Å²) in [5, 5.41) is 2.95. The highest BCUT2D eigenvalue weighted by Gasteiger charge is 2.35. The number of nitrogens with one attached hydrogen (secondary N) is 1. The highest BCUT2D eigenvalue weighted by atomic mass is 16.5. The van der Waals surface area contributed by atoms with Crippen LogP contribution in [-0.4, -0.2) is 30.8 Å². The molecule has 1 aromatic rings. The van der Waals surface area contributed by atoms with E-state index in [9.17, 15) is 4.79 Å². The van der Waals surface area contributed by atoms with Gasteiger partial charge in [0.2, 0.25) is 5.91 Å². The van der Waals surface area contributed by atoms with E-state index in [4.69, 9.17) is 15.2 Å². The molecule has 1 amide bonds. The van der Waals surface area contributed by atoms with Crippen molar-refractivity contribution in [2.75, 3.05) is 13.2 Å². The maximum Gasteiger partial charge on any atom is 0.240 e. The molecular formula is C19H28N2O3. The molecule has 1 heterocycles. The minimum absolute atomic E-state index is 0.0895. The van der Waals surface area contributed by atoms with E-state index in [1.165, 1.54) is 19.3 Å². The molecule has 0 unspecified atom stereocenters.